The van der Waals surface area contributed by atoms with Gasteiger partial charge in [0.1, 0.15) is 0 Å². The Hall–Kier alpha value is -0.0400. The highest BCUT2D eigenvalue weighted by Crippen LogP contribution is 2.30. The highest BCUT2D eigenvalue weighted by Gasteiger charge is 2.36. The molecule has 0 aromatic carbocycles. The zero-order chi connectivity index (χ0) is 9.52. The van der Waals surface area contributed by atoms with E-state index >= 15 is 0 Å². The number of hydrogen-bond acceptors (Lipinski definition) is 1. The molecule has 2 unspecified atom stereocenters. The monoisotopic (exact) mass is 184 g/mol. The van der Waals surface area contributed by atoms with Crippen molar-refractivity contribution in [1.29, 1.82) is 0 Å². The Morgan fingerprint density at radius 1 is 0.769 bits per heavy atom. The summed E-state index contributed by atoms with van der Waals surface area (Å²) in [4.78, 5) is 0. The topological polar surface area (TPSA) is 12.5 Å². The molecule has 1 fully saturated rings. The molecular weight excluding hydrogens is 160 g/mol. The van der Waals surface area contributed by atoms with E-state index < -0.39 is 0 Å². The SMILES string of the molecule is CCCCCCCC1OC1CCC. The molecule has 78 valence electrons. The predicted molar refractivity (Wildman–Crippen MR) is 56.9 cm³/mol. The van der Waals surface area contributed by atoms with Crippen LogP contribution in [0.2, 0.25) is 0 Å². The van der Waals surface area contributed by atoms with E-state index in [2.05, 4.69) is 13.8 Å². The molecule has 1 aliphatic rings. The van der Waals surface area contributed by atoms with Crippen LogP contribution in [0.3, 0.4) is 0 Å². The summed E-state index contributed by atoms with van der Waals surface area (Å²) >= 11 is 0. The van der Waals surface area contributed by atoms with Gasteiger partial charge in [0.05, 0.1) is 12.2 Å². The molecule has 0 aromatic rings. The van der Waals surface area contributed by atoms with Crippen molar-refractivity contribution in [3.05, 3.63) is 0 Å². The maximum absolute atomic E-state index is 5.56. The Morgan fingerprint density at radius 2 is 1.46 bits per heavy atom. The summed E-state index contributed by atoms with van der Waals surface area (Å²) in [6, 6.07) is 0. The van der Waals surface area contributed by atoms with Crippen LogP contribution in [0, 0.1) is 0 Å². The number of rotatable bonds is 8. The van der Waals surface area contributed by atoms with Crippen molar-refractivity contribution in [2.24, 2.45) is 0 Å². The quantitative estimate of drug-likeness (QED) is 0.411. The summed E-state index contributed by atoms with van der Waals surface area (Å²) in [7, 11) is 0. The lowest BCUT2D eigenvalue weighted by Gasteiger charge is -1.97. The van der Waals surface area contributed by atoms with E-state index in [1.807, 2.05) is 0 Å². The third-order valence-corrected chi connectivity index (χ3v) is 2.85. The summed E-state index contributed by atoms with van der Waals surface area (Å²) in [5, 5.41) is 0. The maximum atomic E-state index is 5.56. The molecule has 1 aliphatic heterocycles. The molecule has 1 rings (SSSR count). The van der Waals surface area contributed by atoms with Crippen LogP contribution in [0.4, 0.5) is 0 Å². The van der Waals surface area contributed by atoms with Crippen molar-refractivity contribution in [2.45, 2.75) is 77.4 Å². The summed E-state index contributed by atoms with van der Waals surface area (Å²) in [5.41, 5.74) is 0. The van der Waals surface area contributed by atoms with Crippen molar-refractivity contribution in [3.63, 3.8) is 0 Å². The number of epoxide rings is 1. The Balaban J connectivity index is 1.80. The fourth-order valence-electron chi connectivity index (χ4n) is 1.92. The molecule has 1 heterocycles. The molecule has 0 saturated carbocycles. The normalized spacial score (nSPS) is 26.3. The molecule has 2 atom stereocenters. The second-order valence-electron chi connectivity index (χ2n) is 4.20. The fraction of sp³-hybridized carbons (Fsp3) is 1.00. The molecular formula is C12H24O. The molecule has 0 N–H and O–H groups in total. The molecule has 0 amide bonds. The van der Waals surface area contributed by atoms with Gasteiger partial charge in [-0.05, 0) is 12.8 Å². The standard InChI is InChI=1S/C12H24O/c1-3-5-6-7-8-10-12-11(13-12)9-4-2/h11-12H,3-10H2,1-2H3. The lowest BCUT2D eigenvalue weighted by atomic mass is 10.1. The van der Waals surface area contributed by atoms with Gasteiger partial charge >= 0.3 is 0 Å². The van der Waals surface area contributed by atoms with Crippen molar-refractivity contribution in [3.8, 4) is 0 Å². The fourth-order valence-corrected chi connectivity index (χ4v) is 1.92. The van der Waals surface area contributed by atoms with Gasteiger partial charge in [0.25, 0.3) is 0 Å². The van der Waals surface area contributed by atoms with Gasteiger partial charge in [-0.3, -0.25) is 0 Å². The van der Waals surface area contributed by atoms with Crippen LogP contribution < -0.4 is 0 Å². The van der Waals surface area contributed by atoms with Gasteiger partial charge in [-0.25, -0.2) is 0 Å². The average Bonchev–Trinajstić information content (AvgIpc) is 2.84. The Morgan fingerprint density at radius 3 is 2.15 bits per heavy atom. The number of unbranched alkanes of at least 4 members (excludes halogenated alkanes) is 4. The van der Waals surface area contributed by atoms with E-state index in [1.54, 1.807) is 0 Å². The third kappa shape index (κ3) is 4.66. The minimum Gasteiger partial charge on any atom is -0.370 e. The first-order chi connectivity index (χ1) is 6.38. The van der Waals surface area contributed by atoms with E-state index in [-0.39, 0.29) is 0 Å². The van der Waals surface area contributed by atoms with Crippen molar-refractivity contribution >= 4 is 0 Å². The third-order valence-electron chi connectivity index (χ3n) is 2.85. The highest BCUT2D eigenvalue weighted by molar-refractivity contribution is 4.83. The zero-order valence-electron chi connectivity index (χ0n) is 9.22. The van der Waals surface area contributed by atoms with Gasteiger partial charge in [-0.1, -0.05) is 52.4 Å². The number of ether oxygens (including phenoxy) is 1. The van der Waals surface area contributed by atoms with Gasteiger partial charge in [0.2, 0.25) is 0 Å². The van der Waals surface area contributed by atoms with Gasteiger partial charge < -0.3 is 4.74 Å². The summed E-state index contributed by atoms with van der Waals surface area (Å²) in [5.74, 6) is 0. The van der Waals surface area contributed by atoms with E-state index in [0.29, 0.717) is 12.2 Å². The summed E-state index contributed by atoms with van der Waals surface area (Å²) in [6.07, 6.45) is 12.1. The molecule has 0 aromatic heterocycles. The van der Waals surface area contributed by atoms with E-state index in [1.165, 1.54) is 51.4 Å². The van der Waals surface area contributed by atoms with Gasteiger partial charge in [-0.15, -0.1) is 0 Å². The molecule has 13 heavy (non-hydrogen) atoms. The van der Waals surface area contributed by atoms with Gasteiger partial charge in [0.15, 0.2) is 0 Å². The molecule has 1 saturated heterocycles. The maximum Gasteiger partial charge on any atom is 0.0841 e. The average molecular weight is 184 g/mol. The lowest BCUT2D eigenvalue weighted by Crippen LogP contribution is -1.93. The van der Waals surface area contributed by atoms with Crippen LogP contribution in [0.1, 0.15) is 65.2 Å². The Labute approximate surface area is 82.9 Å². The summed E-state index contributed by atoms with van der Waals surface area (Å²) in [6.45, 7) is 4.50. The van der Waals surface area contributed by atoms with E-state index in [9.17, 15) is 0 Å². The first-order valence-corrected chi connectivity index (χ1v) is 6.04. The van der Waals surface area contributed by atoms with Crippen LogP contribution in [0.5, 0.6) is 0 Å². The minimum atomic E-state index is 0.635. The van der Waals surface area contributed by atoms with Crippen molar-refractivity contribution in [2.75, 3.05) is 0 Å². The minimum absolute atomic E-state index is 0.635. The van der Waals surface area contributed by atoms with Crippen molar-refractivity contribution < 1.29 is 4.74 Å². The summed E-state index contributed by atoms with van der Waals surface area (Å²) < 4.78 is 5.56. The van der Waals surface area contributed by atoms with E-state index in [4.69, 9.17) is 4.74 Å². The smallest absolute Gasteiger partial charge is 0.0841 e. The second-order valence-corrected chi connectivity index (χ2v) is 4.20. The molecule has 0 radical (unpaired) electrons. The van der Waals surface area contributed by atoms with Crippen LogP contribution in [-0.4, -0.2) is 12.2 Å². The van der Waals surface area contributed by atoms with Crippen LogP contribution in [0.15, 0.2) is 0 Å². The molecule has 1 nitrogen and oxygen atoms in total. The first kappa shape index (κ1) is 11.0. The zero-order valence-corrected chi connectivity index (χ0v) is 9.22. The van der Waals surface area contributed by atoms with Crippen LogP contribution in [-0.2, 0) is 4.74 Å². The second kappa shape index (κ2) is 6.42. The molecule has 0 bridgehead atoms. The predicted octanol–water partition coefficient (Wildman–Crippen LogP) is 3.91. The molecule has 1 heteroatoms. The van der Waals surface area contributed by atoms with Crippen molar-refractivity contribution in [1.82, 2.24) is 0 Å². The number of hydrogen-bond donors (Lipinski definition) is 0. The Kier molecular flexibility index (Phi) is 5.45. The molecule has 0 aliphatic carbocycles. The first-order valence-electron chi connectivity index (χ1n) is 6.04. The van der Waals surface area contributed by atoms with Gasteiger partial charge in [0, 0.05) is 0 Å². The lowest BCUT2D eigenvalue weighted by molar-refractivity contribution is 0.351. The highest BCUT2D eigenvalue weighted by atomic mass is 16.6. The largest absolute Gasteiger partial charge is 0.370 e. The van der Waals surface area contributed by atoms with Crippen LogP contribution in [0.25, 0.3) is 0 Å². The van der Waals surface area contributed by atoms with E-state index in [0.717, 1.165) is 0 Å². The Bertz CT molecular complexity index is 122. The molecule has 0 spiro atoms. The van der Waals surface area contributed by atoms with Crippen LogP contribution >= 0.6 is 0 Å². The van der Waals surface area contributed by atoms with Gasteiger partial charge in [-0.2, -0.15) is 0 Å².